The van der Waals surface area contributed by atoms with Gasteiger partial charge < -0.3 is 10.1 Å². The summed E-state index contributed by atoms with van der Waals surface area (Å²) in [6, 6.07) is 1.90. The van der Waals surface area contributed by atoms with Crippen LogP contribution in [0.2, 0.25) is 0 Å². The Morgan fingerprint density at radius 3 is 2.29 bits per heavy atom. The molecular formula is C17H31N3O. The molecule has 1 heterocycles. The molecule has 0 spiro atoms. The second-order valence-electron chi connectivity index (χ2n) is 7.48. The summed E-state index contributed by atoms with van der Waals surface area (Å²) in [5.41, 5.74) is -0.0916. The van der Waals surface area contributed by atoms with Crippen molar-refractivity contribution < 1.29 is 4.74 Å². The molecule has 1 aromatic heterocycles. The lowest BCUT2D eigenvalue weighted by molar-refractivity contribution is 0.259. The van der Waals surface area contributed by atoms with Crippen LogP contribution in [0.1, 0.15) is 60.7 Å². The quantitative estimate of drug-likeness (QED) is 0.815. The topological polar surface area (TPSA) is 47.0 Å². The Morgan fingerprint density at radius 1 is 1.10 bits per heavy atom. The van der Waals surface area contributed by atoms with Crippen LogP contribution in [0.15, 0.2) is 6.07 Å². The van der Waals surface area contributed by atoms with E-state index < -0.39 is 0 Å². The van der Waals surface area contributed by atoms with Gasteiger partial charge in [0, 0.05) is 18.0 Å². The van der Waals surface area contributed by atoms with Gasteiger partial charge in [0.2, 0.25) is 5.88 Å². The molecule has 0 radical (unpaired) electrons. The molecule has 0 aliphatic rings. The van der Waals surface area contributed by atoms with E-state index in [1.54, 1.807) is 0 Å². The van der Waals surface area contributed by atoms with Gasteiger partial charge in [-0.1, -0.05) is 48.5 Å². The summed E-state index contributed by atoms with van der Waals surface area (Å²) in [7, 11) is 0. The fourth-order valence-electron chi connectivity index (χ4n) is 1.67. The highest BCUT2D eigenvalue weighted by Crippen LogP contribution is 2.23. The molecule has 0 atom stereocenters. The molecule has 1 aromatic rings. The van der Waals surface area contributed by atoms with Gasteiger partial charge in [0.15, 0.2) is 0 Å². The van der Waals surface area contributed by atoms with E-state index in [-0.39, 0.29) is 5.41 Å². The minimum atomic E-state index is -0.0916. The van der Waals surface area contributed by atoms with E-state index in [1.807, 2.05) is 6.07 Å². The lowest BCUT2D eigenvalue weighted by Gasteiger charge is -2.19. The predicted octanol–water partition coefficient (Wildman–Crippen LogP) is 4.27. The number of nitrogens with one attached hydrogen (secondary N) is 1. The number of anilines is 1. The smallest absolute Gasteiger partial charge is 0.218 e. The Balaban J connectivity index is 2.87. The standard InChI is InChI=1S/C17H31N3O/c1-12(2)8-9-18-14-10-15(21-11-13(3)4)20-16(19-14)17(5,6)7/h10,12-13H,8-9,11H2,1-7H3,(H,18,19,20). The molecule has 4 heteroatoms. The average Bonchev–Trinajstić information content (AvgIpc) is 2.34. The minimum Gasteiger partial charge on any atom is -0.477 e. The Kier molecular flexibility index (Phi) is 6.43. The van der Waals surface area contributed by atoms with Gasteiger partial charge >= 0.3 is 0 Å². The molecule has 120 valence electrons. The van der Waals surface area contributed by atoms with Crippen molar-refractivity contribution in [3.05, 3.63) is 11.9 Å². The molecular weight excluding hydrogens is 262 g/mol. The van der Waals surface area contributed by atoms with Crippen molar-refractivity contribution >= 4 is 5.82 Å². The molecule has 4 nitrogen and oxygen atoms in total. The van der Waals surface area contributed by atoms with Crippen molar-refractivity contribution in [3.63, 3.8) is 0 Å². The summed E-state index contributed by atoms with van der Waals surface area (Å²) in [4.78, 5) is 9.17. The predicted molar refractivity (Wildman–Crippen MR) is 89.0 cm³/mol. The van der Waals surface area contributed by atoms with Crippen molar-refractivity contribution in [3.8, 4) is 5.88 Å². The van der Waals surface area contributed by atoms with Gasteiger partial charge in [0.25, 0.3) is 0 Å². The first kappa shape index (κ1) is 17.7. The van der Waals surface area contributed by atoms with Gasteiger partial charge in [-0.2, -0.15) is 4.98 Å². The van der Waals surface area contributed by atoms with Gasteiger partial charge in [-0.15, -0.1) is 0 Å². The number of hydrogen-bond acceptors (Lipinski definition) is 4. The van der Waals surface area contributed by atoms with Gasteiger partial charge in [0.1, 0.15) is 11.6 Å². The van der Waals surface area contributed by atoms with Crippen LogP contribution < -0.4 is 10.1 Å². The summed E-state index contributed by atoms with van der Waals surface area (Å²) in [6.45, 7) is 16.7. The average molecular weight is 293 g/mol. The molecule has 0 amide bonds. The molecule has 0 aliphatic carbocycles. The maximum Gasteiger partial charge on any atom is 0.218 e. The molecule has 0 saturated carbocycles. The first-order valence-electron chi connectivity index (χ1n) is 7.94. The molecule has 1 N–H and O–H groups in total. The fraction of sp³-hybridized carbons (Fsp3) is 0.765. The Labute approximate surface area is 129 Å². The summed E-state index contributed by atoms with van der Waals surface area (Å²) in [6.07, 6.45) is 1.12. The van der Waals surface area contributed by atoms with Gasteiger partial charge in [-0.05, 0) is 18.3 Å². The number of nitrogens with zero attached hydrogens (tertiary/aromatic N) is 2. The molecule has 0 saturated heterocycles. The third-order valence-corrected chi connectivity index (χ3v) is 2.97. The maximum atomic E-state index is 5.78. The third-order valence-electron chi connectivity index (χ3n) is 2.97. The first-order valence-corrected chi connectivity index (χ1v) is 7.94. The Hall–Kier alpha value is -1.32. The second kappa shape index (κ2) is 7.62. The Bertz CT molecular complexity index is 436. The van der Waals surface area contributed by atoms with Crippen LogP contribution in [-0.4, -0.2) is 23.1 Å². The lowest BCUT2D eigenvalue weighted by atomic mass is 9.96. The lowest BCUT2D eigenvalue weighted by Crippen LogP contribution is -2.19. The van der Waals surface area contributed by atoms with Gasteiger partial charge in [-0.3, -0.25) is 0 Å². The van der Waals surface area contributed by atoms with Gasteiger partial charge in [-0.25, -0.2) is 4.98 Å². The maximum absolute atomic E-state index is 5.78. The number of hydrogen-bond donors (Lipinski definition) is 1. The van der Waals surface area contributed by atoms with E-state index in [0.29, 0.717) is 24.3 Å². The van der Waals surface area contributed by atoms with E-state index in [0.717, 1.165) is 24.6 Å². The van der Waals surface area contributed by atoms with Crippen molar-refractivity contribution in [1.82, 2.24) is 9.97 Å². The highest BCUT2D eigenvalue weighted by atomic mass is 16.5. The van der Waals surface area contributed by atoms with Crippen molar-refractivity contribution in [1.29, 1.82) is 0 Å². The largest absolute Gasteiger partial charge is 0.477 e. The second-order valence-corrected chi connectivity index (χ2v) is 7.48. The Morgan fingerprint density at radius 2 is 1.76 bits per heavy atom. The van der Waals surface area contributed by atoms with Crippen molar-refractivity contribution in [2.75, 3.05) is 18.5 Å². The van der Waals surface area contributed by atoms with E-state index >= 15 is 0 Å². The molecule has 0 aromatic carbocycles. The molecule has 0 unspecified atom stereocenters. The van der Waals surface area contributed by atoms with Crippen LogP contribution in [0.4, 0.5) is 5.82 Å². The number of aromatic nitrogens is 2. The third kappa shape index (κ3) is 6.78. The minimum absolute atomic E-state index is 0.0916. The van der Waals surface area contributed by atoms with E-state index in [1.165, 1.54) is 0 Å². The molecule has 21 heavy (non-hydrogen) atoms. The van der Waals surface area contributed by atoms with Crippen molar-refractivity contribution in [2.24, 2.45) is 11.8 Å². The van der Waals surface area contributed by atoms with E-state index in [2.05, 4.69) is 63.8 Å². The summed E-state index contributed by atoms with van der Waals surface area (Å²) < 4.78 is 5.78. The van der Waals surface area contributed by atoms with Crippen LogP contribution >= 0.6 is 0 Å². The van der Waals surface area contributed by atoms with Crippen LogP contribution in [0.3, 0.4) is 0 Å². The SMILES string of the molecule is CC(C)CCNc1cc(OCC(C)C)nc(C(C)(C)C)n1. The summed E-state index contributed by atoms with van der Waals surface area (Å²) in [5, 5.41) is 3.39. The zero-order valence-electron chi connectivity index (χ0n) is 14.7. The normalized spacial score (nSPS) is 12.0. The number of ether oxygens (including phenoxy) is 1. The highest BCUT2D eigenvalue weighted by Gasteiger charge is 2.19. The molecule has 0 fully saturated rings. The fourth-order valence-corrected chi connectivity index (χ4v) is 1.67. The zero-order valence-corrected chi connectivity index (χ0v) is 14.7. The number of rotatable bonds is 7. The zero-order chi connectivity index (χ0) is 16.0. The van der Waals surface area contributed by atoms with Gasteiger partial charge in [0.05, 0.1) is 6.61 Å². The van der Waals surface area contributed by atoms with Crippen LogP contribution in [0.5, 0.6) is 5.88 Å². The summed E-state index contributed by atoms with van der Waals surface area (Å²) in [5.74, 6) is 3.49. The van der Waals surface area contributed by atoms with Crippen LogP contribution in [0.25, 0.3) is 0 Å². The molecule has 0 aliphatic heterocycles. The van der Waals surface area contributed by atoms with E-state index in [4.69, 9.17) is 4.74 Å². The first-order chi connectivity index (χ1) is 9.68. The van der Waals surface area contributed by atoms with Crippen LogP contribution in [-0.2, 0) is 5.41 Å². The monoisotopic (exact) mass is 293 g/mol. The van der Waals surface area contributed by atoms with E-state index in [9.17, 15) is 0 Å². The highest BCUT2D eigenvalue weighted by molar-refractivity contribution is 5.39. The summed E-state index contributed by atoms with van der Waals surface area (Å²) >= 11 is 0. The van der Waals surface area contributed by atoms with Crippen molar-refractivity contribution in [2.45, 2.75) is 60.3 Å². The molecule has 1 rings (SSSR count). The molecule has 0 bridgehead atoms. The van der Waals surface area contributed by atoms with Crippen LogP contribution in [0, 0.1) is 11.8 Å².